The van der Waals surface area contributed by atoms with Crippen LogP contribution < -0.4 is 0 Å². The van der Waals surface area contributed by atoms with E-state index in [0.717, 1.165) is 0 Å². The van der Waals surface area contributed by atoms with Gasteiger partial charge in [0.25, 0.3) is 6.29 Å². The Balaban J connectivity index is 2.53. The molecule has 0 spiro atoms. The summed E-state index contributed by atoms with van der Waals surface area (Å²) in [5.41, 5.74) is 0. The van der Waals surface area contributed by atoms with Crippen molar-refractivity contribution >= 4 is 0 Å². The second kappa shape index (κ2) is 2.81. The molecule has 4 N–H and O–H groups in total. The van der Waals surface area contributed by atoms with Crippen molar-refractivity contribution in [1.29, 1.82) is 0 Å². The van der Waals surface area contributed by atoms with E-state index in [9.17, 15) is 0 Å². The van der Waals surface area contributed by atoms with E-state index in [4.69, 9.17) is 20.4 Å². The van der Waals surface area contributed by atoms with Gasteiger partial charge in [0.05, 0.1) is 6.61 Å². The van der Waals surface area contributed by atoms with Gasteiger partial charge in [0.15, 0.2) is 0 Å². The van der Waals surface area contributed by atoms with Crippen LogP contribution in [0, 0.1) is 6.29 Å². The van der Waals surface area contributed by atoms with Crippen LogP contribution in [0.4, 0.5) is 0 Å². The lowest BCUT2D eigenvalue weighted by Gasteiger charge is -2.09. The molecule has 10 heavy (non-hydrogen) atoms. The Morgan fingerprint density at radius 2 is 2.00 bits per heavy atom. The average Bonchev–Trinajstić information content (AvgIpc) is 2.17. The van der Waals surface area contributed by atoms with Crippen molar-refractivity contribution in [3.05, 3.63) is 6.29 Å². The maximum Gasteiger partial charge on any atom is 0.254 e. The average molecular weight is 149 g/mol. The monoisotopic (exact) mass is 149 g/mol. The van der Waals surface area contributed by atoms with E-state index in [1.165, 1.54) is 0 Å². The minimum Gasteiger partial charge on any atom is -0.394 e. The number of hydrogen-bond acceptors (Lipinski definition) is 5. The third-order valence-electron chi connectivity index (χ3n) is 1.41. The molecule has 5 heteroatoms. The first-order valence-electron chi connectivity index (χ1n) is 2.86. The highest BCUT2D eigenvalue weighted by atomic mass is 16.6. The molecule has 1 heterocycles. The molecule has 1 saturated heterocycles. The summed E-state index contributed by atoms with van der Waals surface area (Å²) in [4.78, 5) is 0. The molecule has 5 nitrogen and oxygen atoms in total. The van der Waals surface area contributed by atoms with Crippen molar-refractivity contribution in [2.45, 2.75) is 18.3 Å². The minimum atomic E-state index is -1.39. The standard InChI is InChI=1S/C5H9O5/c6-1-2-3(7)4(8)5(9)10-2/h2-4,6-9H,1H2. The molecule has 1 rings (SSSR count). The zero-order chi connectivity index (χ0) is 7.72. The van der Waals surface area contributed by atoms with Gasteiger partial charge in [0, 0.05) is 0 Å². The van der Waals surface area contributed by atoms with Gasteiger partial charge in [-0.2, -0.15) is 0 Å². The van der Waals surface area contributed by atoms with Gasteiger partial charge in [-0.05, 0) is 0 Å². The largest absolute Gasteiger partial charge is 0.394 e. The van der Waals surface area contributed by atoms with Crippen molar-refractivity contribution in [2.24, 2.45) is 0 Å². The molecule has 1 aliphatic heterocycles. The third-order valence-corrected chi connectivity index (χ3v) is 1.41. The van der Waals surface area contributed by atoms with Crippen molar-refractivity contribution in [3.63, 3.8) is 0 Å². The van der Waals surface area contributed by atoms with Crippen molar-refractivity contribution < 1.29 is 25.2 Å². The van der Waals surface area contributed by atoms with Crippen LogP contribution in [0.3, 0.4) is 0 Å². The predicted molar refractivity (Wildman–Crippen MR) is 29.2 cm³/mol. The van der Waals surface area contributed by atoms with E-state index in [-0.39, 0.29) is 0 Å². The molecule has 1 fully saturated rings. The molecule has 0 aliphatic carbocycles. The lowest BCUT2D eigenvalue weighted by Crippen LogP contribution is -2.32. The normalized spacial score (nSPS) is 42.6. The van der Waals surface area contributed by atoms with Gasteiger partial charge in [-0.3, -0.25) is 0 Å². The fourth-order valence-corrected chi connectivity index (χ4v) is 0.789. The number of aliphatic hydroxyl groups excluding tert-OH is 4. The van der Waals surface area contributed by atoms with E-state index in [1.807, 2.05) is 0 Å². The summed E-state index contributed by atoms with van der Waals surface area (Å²) in [5.74, 6) is 0. The Bertz CT molecular complexity index is 117. The van der Waals surface area contributed by atoms with Gasteiger partial charge in [-0.15, -0.1) is 0 Å². The maximum absolute atomic E-state index is 8.91. The van der Waals surface area contributed by atoms with Crippen molar-refractivity contribution in [1.82, 2.24) is 0 Å². The van der Waals surface area contributed by atoms with Gasteiger partial charge < -0.3 is 25.2 Å². The molecule has 1 aliphatic rings. The minimum absolute atomic E-state index is 0.428. The van der Waals surface area contributed by atoms with Crippen LogP contribution in [-0.2, 0) is 4.74 Å². The topological polar surface area (TPSA) is 90.2 Å². The van der Waals surface area contributed by atoms with Crippen LogP contribution in [0.2, 0.25) is 0 Å². The Hall–Kier alpha value is -0.200. The van der Waals surface area contributed by atoms with E-state index in [2.05, 4.69) is 4.74 Å². The van der Waals surface area contributed by atoms with Gasteiger partial charge >= 0.3 is 0 Å². The zero-order valence-electron chi connectivity index (χ0n) is 5.14. The summed E-state index contributed by atoms with van der Waals surface area (Å²) in [6.45, 7) is -0.428. The Kier molecular flexibility index (Phi) is 2.22. The lowest BCUT2D eigenvalue weighted by atomic mass is 10.1. The highest BCUT2D eigenvalue weighted by Gasteiger charge is 2.42. The first-order valence-corrected chi connectivity index (χ1v) is 2.86. The smallest absolute Gasteiger partial charge is 0.254 e. The number of aliphatic hydroxyl groups is 4. The molecule has 0 aromatic carbocycles. The van der Waals surface area contributed by atoms with Gasteiger partial charge in [-0.25, -0.2) is 0 Å². The Morgan fingerprint density at radius 3 is 2.20 bits per heavy atom. The van der Waals surface area contributed by atoms with Crippen LogP contribution in [0.1, 0.15) is 0 Å². The quantitative estimate of drug-likeness (QED) is 0.345. The molecule has 59 valence electrons. The Morgan fingerprint density at radius 1 is 1.40 bits per heavy atom. The van der Waals surface area contributed by atoms with Gasteiger partial charge in [-0.1, -0.05) is 0 Å². The molecule has 1 radical (unpaired) electrons. The van der Waals surface area contributed by atoms with Crippen LogP contribution in [0.5, 0.6) is 0 Å². The van der Waals surface area contributed by atoms with E-state index >= 15 is 0 Å². The molecule has 3 atom stereocenters. The first kappa shape index (κ1) is 7.90. The first-order chi connectivity index (χ1) is 4.66. The zero-order valence-corrected chi connectivity index (χ0v) is 5.14. The number of rotatable bonds is 1. The summed E-state index contributed by atoms with van der Waals surface area (Å²) in [5, 5.41) is 34.8. The van der Waals surface area contributed by atoms with Crippen molar-refractivity contribution in [2.75, 3.05) is 6.61 Å². The van der Waals surface area contributed by atoms with Crippen LogP contribution in [0.25, 0.3) is 0 Å². The third kappa shape index (κ3) is 1.14. The lowest BCUT2D eigenvalue weighted by molar-refractivity contribution is -0.0439. The molecule has 0 aromatic heterocycles. The molecular weight excluding hydrogens is 140 g/mol. The summed E-state index contributed by atoms with van der Waals surface area (Å²) < 4.78 is 4.46. The second-order valence-electron chi connectivity index (χ2n) is 2.11. The van der Waals surface area contributed by atoms with Crippen molar-refractivity contribution in [3.8, 4) is 0 Å². The van der Waals surface area contributed by atoms with E-state index in [0.29, 0.717) is 0 Å². The van der Waals surface area contributed by atoms with Crippen LogP contribution in [-0.4, -0.2) is 45.3 Å². The summed E-state index contributed by atoms with van der Waals surface area (Å²) in [6.07, 6.45) is -4.16. The molecule has 0 aromatic rings. The molecule has 0 bridgehead atoms. The summed E-state index contributed by atoms with van der Waals surface area (Å²) in [7, 11) is 0. The van der Waals surface area contributed by atoms with Gasteiger partial charge in [0.2, 0.25) is 0 Å². The SMILES string of the molecule is OCC1O[C](O)C(O)C1O. The summed E-state index contributed by atoms with van der Waals surface area (Å²) >= 11 is 0. The van der Waals surface area contributed by atoms with E-state index < -0.39 is 31.2 Å². The number of ether oxygens (including phenoxy) is 1. The second-order valence-corrected chi connectivity index (χ2v) is 2.11. The molecule has 3 unspecified atom stereocenters. The number of hydrogen-bond donors (Lipinski definition) is 4. The highest BCUT2D eigenvalue weighted by Crippen LogP contribution is 2.23. The fourth-order valence-electron chi connectivity index (χ4n) is 0.789. The fraction of sp³-hybridized carbons (Fsp3) is 0.800. The van der Waals surface area contributed by atoms with Crippen LogP contribution >= 0.6 is 0 Å². The predicted octanol–water partition coefficient (Wildman–Crippen LogP) is -2.04. The van der Waals surface area contributed by atoms with Crippen LogP contribution in [0.15, 0.2) is 0 Å². The maximum atomic E-state index is 8.91. The Labute approximate surface area is 57.5 Å². The van der Waals surface area contributed by atoms with E-state index in [1.54, 1.807) is 0 Å². The summed E-state index contributed by atoms with van der Waals surface area (Å²) in [6, 6.07) is 0. The molecular formula is C5H9O5. The highest BCUT2D eigenvalue weighted by molar-refractivity contribution is 4.94. The van der Waals surface area contributed by atoms with Gasteiger partial charge in [0.1, 0.15) is 18.3 Å². The molecule has 0 amide bonds. The molecule has 0 saturated carbocycles.